The third kappa shape index (κ3) is 12.0. The van der Waals surface area contributed by atoms with Gasteiger partial charge in [0.25, 0.3) is 0 Å². The molecule has 0 saturated heterocycles. The molecular formula is C11H26IN3O. The number of halogens is 1. The number of rotatable bonds is 5. The standard InChI is InChI=1S/C11H25N3O.HI/c1-11(2,3)6-7-13-10(12-4)14-8-9-15-5;/h6-9H2,1-5H3,(H2,12,13,14);1H. The maximum Gasteiger partial charge on any atom is 0.191 e. The van der Waals surface area contributed by atoms with Crippen molar-refractivity contribution in [2.24, 2.45) is 10.4 Å². The van der Waals surface area contributed by atoms with Gasteiger partial charge in [0.15, 0.2) is 5.96 Å². The normalized spacial score (nSPS) is 11.9. The number of hydrogen-bond donors (Lipinski definition) is 2. The lowest BCUT2D eigenvalue weighted by atomic mass is 9.92. The average molecular weight is 343 g/mol. The van der Waals surface area contributed by atoms with Crippen LogP contribution in [0.4, 0.5) is 0 Å². The van der Waals surface area contributed by atoms with Gasteiger partial charge in [-0.1, -0.05) is 20.8 Å². The van der Waals surface area contributed by atoms with Crippen LogP contribution in [0.15, 0.2) is 4.99 Å². The lowest BCUT2D eigenvalue weighted by molar-refractivity contribution is 0.203. The quantitative estimate of drug-likeness (QED) is 0.347. The van der Waals surface area contributed by atoms with Crippen LogP contribution in [0.2, 0.25) is 0 Å². The lowest BCUT2D eigenvalue weighted by Crippen LogP contribution is -2.40. The molecule has 0 heterocycles. The molecule has 16 heavy (non-hydrogen) atoms. The fraction of sp³-hybridized carbons (Fsp3) is 0.909. The Bertz CT molecular complexity index is 190. The molecule has 0 spiro atoms. The van der Waals surface area contributed by atoms with Crippen LogP contribution >= 0.6 is 24.0 Å². The molecule has 0 amide bonds. The molecule has 0 fully saturated rings. The van der Waals surface area contributed by atoms with Gasteiger partial charge in [-0.15, -0.1) is 24.0 Å². The van der Waals surface area contributed by atoms with Crippen molar-refractivity contribution in [2.45, 2.75) is 27.2 Å². The first-order valence-corrected chi connectivity index (χ1v) is 5.43. The van der Waals surface area contributed by atoms with Crippen LogP contribution in [-0.4, -0.2) is 39.8 Å². The van der Waals surface area contributed by atoms with Gasteiger partial charge in [0.1, 0.15) is 0 Å². The predicted octanol–water partition coefficient (Wildman–Crippen LogP) is 1.85. The maximum absolute atomic E-state index is 4.95. The molecule has 0 unspecified atom stereocenters. The van der Waals surface area contributed by atoms with Crippen molar-refractivity contribution in [3.05, 3.63) is 0 Å². The van der Waals surface area contributed by atoms with Crippen molar-refractivity contribution in [1.29, 1.82) is 0 Å². The summed E-state index contributed by atoms with van der Waals surface area (Å²) in [4.78, 5) is 4.12. The molecule has 0 saturated carbocycles. The molecule has 0 aromatic heterocycles. The van der Waals surface area contributed by atoms with Gasteiger partial charge in [-0.25, -0.2) is 0 Å². The van der Waals surface area contributed by atoms with Crippen LogP contribution in [0.25, 0.3) is 0 Å². The van der Waals surface area contributed by atoms with Crippen molar-refractivity contribution >= 4 is 29.9 Å². The summed E-state index contributed by atoms with van der Waals surface area (Å²) in [7, 11) is 3.47. The predicted molar refractivity (Wildman–Crippen MR) is 80.7 cm³/mol. The van der Waals surface area contributed by atoms with E-state index in [0.29, 0.717) is 12.0 Å². The van der Waals surface area contributed by atoms with Crippen molar-refractivity contribution in [1.82, 2.24) is 10.6 Å². The molecular weight excluding hydrogens is 317 g/mol. The highest BCUT2D eigenvalue weighted by atomic mass is 127. The minimum absolute atomic E-state index is 0. The molecule has 0 rings (SSSR count). The van der Waals surface area contributed by atoms with E-state index < -0.39 is 0 Å². The monoisotopic (exact) mass is 343 g/mol. The molecule has 4 nitrogen and oxygen atoms in total. The summed E-state index contributed by atoms with van der Waals surface area (Å²) in [5, 5.41) is 6.44. The number of methoxy groups -OCH3 is 1. The SMILES string of the molecule is CN=C(NCCOC)NCCC(C)(C)C.I. The smallest absolute Gasteiger partial charge is 0.191 e. The maximum atomic E-state index is 4.95. The van der Waals surface area contributed by atoms with E-state index in [-0.39, 0.29) is 24.0 Å². The molecule has 0 aliphatic carbocycles. The van der Waals surface area contributed by atoms with Gasteiger partial charge in [-0.2, -0.15) is 0 Å². The molecule has 2 N–H and O–H groups in total. The van der Waals surface area contributed by atoms with E-state index in [1.165, 1.54) is 0 Å². The Morgan fingerprint density at radius 3 is 2.19 bits per heavy atom. The van der Waals surface area contributed by atoms with E-state index in [9.17, 15) is 0 Å². The first kappa shape index (κ1) is 18.3. The Labute approximate surface area is 117 Å². The van der Waals surface area contributed by atoms with E-state index in [2.05, 4.69) is 36.4 Å². The summed E-state index contributed by atoms with van der Waals surface area (Å²) in [6.07, 6.45) is 1.12. The summed E-state index contributed by atoms with van der Waals surface area (Å²) in [5.74, 6) is 0.844. The third-order valence-corrected chi connectivity index (χ3v) is 1.99. The Morgan fingerprint density at radius 1 is 1.19 bits per heavy atom. The fourth-order valence-corrected chi connectivity index (χ4v) is 1.05. The largest absolute Gasteiger partial charge is 0.383 e. The minimum atomic E-state index is 0. The van der Waals surface area contributed by atoms with Gasteiger partial charge in [0, 0.05) is 27.2 Å². The summed E-state index contributed by atoms with van der Waals surface area (Å²) in [6.45, 7) is 9.11. The molecule has 5 heteroatoms. The van der Waals surface area contributed by atoms with E-state index in [0.717, 1.165) is 25.5 Å². The molecule has 0 aromatic rings. The first-order chi connectivity index (χ1) is 6.99. The lowest BCUT2D eigenvalue weighted by Gasteiger charge is -2.19. The molecule has 0 radical (unpaired) electrons. The van der Waals surface area contributed by atoms with Gasteiger partial charge < -0.3 is 15.4 Å². The summed E-state index contributed by atoms with van der Waals surface area (Å²) in [6, 6.07) is 0. The number of ether oxygens (including phenoxy) is 1. The number of guanidine groups is 1. The Hall–Kier alpha value is -0.0400. The summed E-state index contributed by atoms with van der Waals surface area (Å²) >= 11 is 0. The van der Waals surface area contributed by atoms with Crippen molar-refractivity contribution in [3.63, 3.8) is 0 Å². The van der Waals surface area contributed by atoms with Crippen molar-refractivity contribution in [2.75, 3.05) is 33.9 Å². The molecule has 0 atom stereocenters. The van der Waals surface area contributed by atoms with Gasteiger partial charge in [-0.05, 0) is 11.8 Å². The Balaban J connectivity index is 0. The first-order valence-electron chi connectivity index (χ1n) is 5.43. The summed E-state index contributed by atoms with van der Waals surface area (Å²) in [5.41, 5.74) is 0.360. The zero-order valence-electron chi connectivity index (χ0n) is 11.1. The van der Waals surface area contributed by atoms with Crippen molar-refractivity contribution < 1.29 is 4.74 Å². The van der Waals surface area contributed by atoms with Gasteiger partial charge in [0.05, 0.1) is 6.61 Å². The van der Waals surface area contributed by atoms with E-state index in [1.807, 2.05) is 0 Å². The molecule has 0 aromatic carbocycles. The highest BCUT2D eigenvalue weighted by Crippen LogP contribution is 2.16. The molecule has 98 valence electrons. The van der Waals surface area contributed by atoms with Crippen LogP contribution < -0.4 is 10.6 Å². The van der Waals surface area contributed by atoms with Crippen LogP contribution in [0.1, 0.15) is 27.2 Å². The van der Waals surface area contributed by atoms with Crippen LogP contribution in [0.3, 0.4) is 0 Å². The van der Waals surface area contributed by atoms with E-state index in [1.54, 1.807) is 14.2 Å². The van der Waals surface area contributed by atoms with Gasteiger partial charge in [-0.3, -0.25) is 4.99 Å². The van der Waals surface area contributed by atoms with Crippen LogP contribution in [0.5, 0.6) is 0 Å². The highest BCUT2D eigenvalue weighted by molar-refractivity contribution is 14.0. The second-order valence-corrected chi connectivity index (χ2v) is 4.73. The van der Waals surface area contributed by atoms with Gasteiger partial charge in [0.2, 0.25) is 0 Å². The number of nitrogens with one attached hydrogen (secondary N) is 2. The fourth-order valence-electron chi connectivity index (χ4n) is 1.05. The van der Waals surface area contributed by atoms with Crippen molar-refractivity contribution in [3.8, 4) is 0 Å². The summed E-state index contributed by atoms with van der Waals surface area (Å²) < 4.78 is 4.95. The average Bonchev–Trinajstić information content (AvgIpc) is 2.14. The Kier molecular flexibility index (Phi) is 11.6. The number of aliphatic imine (C=N–C) groups is 1. The second kappa shape index (κ2) is 10.1. The highest BCUT2D eigenvalue weighted by Gasteiger charge is 2.09. The number of hydrogen-bond acceptors (Lipinski definition) is 2. The zero-order chi connectivity index (χ0) is 11.7. The van der Waals surface area contributed by atoms with Crippen LogP contribution in [0, 0.1) is 5.41 Å². The topological polar surface area (TPSA) is 45.7 Å². The Morgan fingerprint density at radius 2 is 1.75 bits per heavy atom. The molecule has 0 aliphatic rings. The molecule has 0 bridgehead atoms. The van der Waals surface area contributed by atoms with Crippen LogP contribution in [-0.2, 0) is 4.74 Å². The second-order valence-electron chi connectivity index (χ2n) is 4.73. The van der Waals surface area contributed by atoms with Gasteiger partial charge >= 0.3 is 0 Å². The van der Waals surface area contributed by atoms with E-state index >= 15 is 0 Å². The number of nitrogens with zero attached hydrogens (tertiary/aromatic N) is 1. The third-order valence-electron chi connectivity index (χ3n) is 1.99. The molecule has 0 aliphatic heterocycles. The van der Waals surface area contributed by atoms with E-state index in [4.69, 9.17) is 4.74 Å². The zero-order valence-corrected chi connectivity index (χ0v) is 13.4. The minimum Gasteiger partial charge on any atom is -0.383 e.